The molecule has 2 N–H and O–H groups in total. The number of carbonyl (C=O) groups excluding carboxylic acids is 1. The second kappa shape index (κ2) is 11.6. The van der Waals surface area contributed by atoms with Crippen molar-refractivity contribution in [1.29, 1.82) is 0 Å². The van der Waals surface area contributed by atoms with E-state index in [1.54, 1.807) is 0 Å². The number of phenols is 1. The standard InChI is InChI=1S/C43H45N3O4/c47-34-11-13-36-31(18-34)8-12-35(29-4-2-1-3-5-29)40(36)30-6-9-33(10-7-30)46-25-43(26-46)21-28(24-50-43)23-45-16-14-42(15-17-45)27-49-39-20-37-32(19-38(39)42)22-44-41(37)48/h1-7,9-11,13,18-20,28,35,40,47H,8,12,14-17,21-27H2,(H,44,48). The van der Waals surface area contributed by atoms with E-state index in [0.717, 1.165) is 94.9 Å². The highest BCUT2D eigenvalue weighted by atomic mass is 16.5. The third-order valence-electron chi connectivity index (χ3n) is 13.0. The molecule has 1 amide bonds. The smallest absolute Gasteiger partial charge is 0.252 e. The predicted octanol–water partition coefficient (Wildman–Crippen LogP) is 6.52. The van der Waals surface area contributed by atoms with Gasteiger partial charge < -0.3 is 29.7 Å². The molecule has 0 radical (unpaired) electrons. The number of phenolic OH excluding ortho intramolecular Hbond substituents is 1. The average molecular weight is 668 g/mol. The third-order valence-corrected chi connectivity index (χ3v) is 13.0. The van der Waals surface area contributed by atoms with Crippen molar-refractivity contribution >= 4 is 11.6 Å². The summed E-state index contributed by atoms with van der Waals surface area (Å²) in [6.07, 6.45) is 5.39. The lowest BCUT2D eigenvalue weighted by molar-refractivity contribution is -0.0189. The Hall–Kier alpha value is -4.33. The van der Waals surface area contributed by atoms with Crippen molar-refractivity contribution in [3.8, 4) is 11.5 Å². The van der Waals surface area contributed by atoms with Crippen molar-refractivity contribution in [2.75, 3.05) is 50.8 Å². The fourth-order valence-electron chi connectivity index (χ4n) is 10.3. The van der Waals surface area contributed by atoms with Crippen LogP contribution in [0.3, 0.4) is 0 Å². The molecule has 2 spiro atoms. The molecule has 5 heterocycles. The molecule has 0 aromatic heterocycles. The average Bonchev–Trinajstić information content (AvgIpc) is 3.83. The number of fused-ring (bicyclic) bond motifs is 4. The topological polar surface area (TPSA) is 74.3 Å². The SMILES string of the molecule is O=C1NCc2cc3c(cc21)OCC31CCN(CC2COC3(C2)CN(c2ccc(C4c5ccc(O)cc5CCC4c4ccccc4)cc2)C3)CC1. The molecular formula is C43H45N3O4. The summed E-state index contributed by atoms with van der Waals surface area (Å²) in [6.45, 7) is 7.40. The van der Waals surface area contributed by atoms with Gasteiger partial charge in [0.2, 0.25) is 0 Å². The Morgan fingerprint density at radius 3 is 2.54 bits per heavy atom. The van der Waals surface area contributed by atoms with E-state index < -0.39 is 0 Å². The Balaban J connectivity index is 0.770. The minimum atomic E-state index is -0.0207. The highest BCUT2D eigenvalue weighted by Gasteiger charge is 2.51. The van der Waals surface area contributed by atoms with Gasteiger partial charge in [-0.05, 0) is 121 Å². The number of carbonyl (C=O) groups is 1. The summed E-state index contributed by atoms with van der Waals surface area (Å²) in [6, 6.07) is 30.4. The van der Waals surface area contributed by atoms with Gasteiger partial charge in [0.05, 0.1) is 13.2 Å². The number of hydrogen-bond donors (Lipinski definition) is 2. The van der Waals surface area contributed by atoms with Gasteiger partial charge in [0.15, 0.2) is 0 Å². The van der Waals surface area contributed by atoms with Crippen molar-refractivity contribution < 1.29 is 19.4 Å². The largest absolute Gasteiger partial charge is 0.508 e. The summed E-state index contributed by atoms with van der Waals surface area (Å²) < 4.78 is 12.7. The minimum absolute atomic E-state index is 0.0207. The number of benzene rings is 4. The van der Waals surface area contributed by atoms with Crippen LogP contribution >= 0.6 is 0 Å². The molecule has 6 aliphatic rings. The minimum Gasteiger partial charge on any atom is -0.508 e. The maximum atomic E-state index is 12.2. The monoisotopic (exact) mass is 667 g/mol. The first-order chi connectivity index (χ1) is 24.4. The Morgan fingerprint density at radius 2 is 1.72 bits per heavy atom. The van der Waals surface area contributed by atoms with Gasteiger partial charge in [0.1, 0.15) is 17.1 Å². The number of aromatic hydroxyl groups is 1. The molecule has 10 rings (SSSR count). The van der Waals surface area contributed by atoms with E-state index in [1.807, 2.05) is 18.2 Å². The number of nitrogens with one attached hydrogen (secondary N) is 1. The number of ether oxygens (including phenoxy) is 2. The van der Waals surface area contributed by atoms with Gasteiger partial charge in [-0.3, -0.25) is 4.79 Å². The van der Waals surface area contributed by atoms with Gasteiger partial charge in [0, 0.05) is 54.3 Å². The zero-order valence-corrected chi connectivity index (χ0v) is 28.6. The Labute approximate surface area is 294 Å². The molecule has 50 heavy (non-hydrogen) atoms. The first-order valence-corrected chi connectivity index (χ1v) is 18.6. The molecule has 4 aromatic rings. The Kier molecular flexibility index (Phi) is 7.08. The Bertz CT molecular complexity index is 1950. The van der Waals surface area contributed by atoms with Crippen LogP contribution in [0.5, 0.6) is 11.5 Å². The molecule has 0 saturated carbocycles. The molecule has 3 saturated heterocycles. The summed E-state index contributed by atoms with van der Waals surface area (Å²) in [4.78, 5) is 17.3. The first kappa shape index (κ1) is 30.5. The molecule has 1 aliphatic carbocycles. The maximum absolute atomic E-state index is 12.2. The van der Waals surface area contributed by atoms with Crippen LogP contribution in [0, 0.1) is 5.92 Å². The molecule has 4 aromatic carbocycles. The molecule has 256 valence electrons. The molecule has 5 aliphatic heterocycles. The normalized spacial score (nSPS) is 25.9. The Morgan fingerprint density at radius 1 is 0.900 bits per heavy atom. The quantitative estimate of drug-likeness (QED) is 0.253. The summed E-state index contributed by atoms with van der Waals surface area (Å²) in [7, 11) is 0. The zero-order valence-electron chi connectivity index (χ0n) is 28.6. The predicted molar refractivity (Wildman–Crippen MR) is 193 cm³/mol. The van der Waals surface area contributed by atoms with Crippen molar-refractivity contribution in [2.45, 2.75) is 61.5 Å². The van der Waals surface area contributed by atoms with Crippen LogP contribution in [0.15, 0.2) is 84.9 Å². The molecule has 7 heteroatoms. The second-order valence-electron chi connectivity index (χ2n) is 16.0. The van der Waals surface area contributed by atoms with Crippen LogP contribution in [-0.2, 0) is 23.1 Å². The maximum Gasteiger partial charge on any atom is 0.252 e. The summed E-state index contributed by atoms with van der Waals surface area (Å²) in [5, 5.41) is 13.2. The van der Waals surface area contributed by atoms with Crippen LogP contribution < -0.4 is 15.0 Å². The van der Waals surface area contributed by atoms with Crippen molar-refractivity contribution in [3.63, 3.8) is 0 Å². The lowest BCUT2D eigenvalue weighted by atomic mass is 9.69. The zero-order chi connectivity index (χ0) is 33.5. The number of anilines is 1. The number of rotatable bonds is 5. The van der Waals surface area contributed by atoms with Crippen LogP contribution in [0.1, 0.15) is 81.3 Å². The molecular weight excluding hydrogens is 622 g/mol. The van der Waals surface area contributed by atoms with Crippen molar-refractivity contribution in [3.05, 3.63) is 124 Å². The number of likely N-dealkylation sites (tertiary alicyclic amines) is 1. The van der Waals surface area contributed by atoms with Crippen LogP contribution in [0.2, 0.25) is 0 Å². The van der Waals surface area contributed by atoms with Gasteiger partial charge in [-0.1, -0.05) is 48.5 Å². The van der Waals surface area contributed by atoms with Gasteiger partial charge in [-0.25, -0.2) is 0 Å². The second-order valence-corrected chi connectivity index (χ2v) is 16.0. The van der Waals surface area contributed by atoms with E-state index in [4.69, 9.17) is 9.47 Å². The number of nitrogens with zero attached hydrogens (tertiary/aromatic N) is 2. The van der Waals surface area contributed by atoms with E-state index >= 15 is 0 Å². The molecule has 7 nitrogen and oxygen atoms in total. The van der Waals surface area contributed by atoms with E-state index in [0.29, 0.717) is 24.1 Å². The molecule has 0 bridgehead atoms. The van der Waals surface area contributed by atoms with Gasteiger partial charge >= 0.3 is 0 Å². The summed E-state index contributed by atoms with van der Waals surface area (Å²) >= 11 is 0. The fraction of sp³-hybridized carbons (Fsp3) is 0.419. The summed E-state index contributed by atoms with van der Waals surface area (Å²) in [5.41, 5.74) is 9.89. The van der Waals surface area contributed by atoms with E-state index in [-0.39, 0.29) is 22.8 Å². The van der Waals surface area contributed by atoms with Crippen LogP contribution in [0.25, 0.3) is 0 Å². The van der Waals surface area contributed by atoms with Crippen LogP contribution in [-0.4, -0.2) is 67.5 Å². The van der Waals surface area contributed by atoms with Crippen molar-refractivity contribution in [1.82, 2.24) is 10.2 Å². The lowest BCUT2D eigenvalue weighted by Gasteiger charge is -2.49. The number of piperidine rings is 1. The van der Waals surface area contributed by atoms with E-state index in [2.05, 4.69) is 81.8 Å². The highest BCUT2D eigenvalue weighted by Crippen LogP contribution is 2.49. The van der Waals surface area contributed by atoms with E-state index in [1.165, 1.54) is 33.5 Å². The van der Waals surface area contributed by atoms with Gasteiger partial charge in [0.25, 0.3) is 5.91 Å². The van der Waals surface area contributed by atoms with Crippen molar-refractivity contribution in [2.24, 2.45) is 5.92 Å². The van der Waals surface area contributed by atoms with Gasteiger partial charge in [-0.15, -0.1) is 0 Å². The number of amides is 1. The molecule has 3 fully saturated rings. The third kappa shape index (κ3) is 5.03. The fourth-order valence-corrected chi connectivity index (χ4v) is 10.3. The van der Waals surface area contributed by atoms with Gasteiger partial charge in [-0.2, -0.15) is 0 Å². The van der Waals surface area contributed by atoms with E-state index in [9.17, 15) is 9.90 Å². The first-order valence-electron chi connectivity index (χ1n) is 18.6. The lowest BCUT2D eigenvalue weighted by Crippen LogP contribution is -2.61. The molecule has 3 atom stereocenters. The van der Waals surface area contributed by atoms with Crippen LogP contribution in [0.4, 0.5) is 5.69 Å². The molecule has 3 unspecified atom stereocenters. The summed E-state index contributed by atoms with van der Waals surface area (Å²) in [5.74, 6) is 2.54. The number of hydrogen-bond acceptors (Lipinski definition) is 6. The highest BCUT2D eigenvalue weighted by molar-refractivity contribution is 5.99. The number of aryl methyl sites for hydroxylation is 1.